The number of ether oxygens (including phenoxy) is 1. The highest BCUT2D eigenvalue weighted by atomic mass is 16.5. The summed E-state index contributed by atoms with van der Waals surface area (Å²) in [7, 11) is 1.72. The van der Waals surface area contributed by atoms with Crippen molar-refractivity contribution >= 4 is 0 Å². The van der Waals surface area contributed by atoms with Gasteiger partial charge in [0, 0.05) is 32.7 Å². The summed E-state index contributed by atoms with van der Waals surface area (Å²) in [6.45, 7) is 5.53. The van der Waals surface area contributed by atoms with Gasteiger partial charge in [-0.05, 0) is 20.3 Å². The molecule has 0 rings (SSSR count). The SMILES string of the molecule is C#CCCNC(CN)CC(C)(C)OC. The van der Waals surface area contributed by atoms with E-state index >= 15 is 0 Å². The van der Waals surface area contributed by atoms with Crippen LogP contribution in [0.3, 0.4) is 0 Å². The van der Waals surface area contributed by atoms with Gasteiger partial charge in [-0.2, -0.15) is 0 Å². The van der Waals surface area contributed by atoms with Crippen LogP contribution in [-0.4, -0.2) is 31.8 Å². The van der Waals surface area contributed by atoms with Crippen molar-refractivity contribution in [2.45, 2.75) is 38.3 Å². The lowest BCUT2D eigenvalue weighted by molar-refractivity contribution is 0.00788. The minimum Gasteiger partial charge on any atom is -0.379 e. The summed E-state index contributed by atoms with van der Waals surface area (Å²) in [6.07, 6.45) is 6.80. The molecule has 0 aliphatic heterocycles. The summed E-state index contributed by atoms with van der Waals surface area (Å²) in [5.41, 5.74) is 5.52. The van der Waals surface area contributed by atoms with Crippen LogP contribution in [0.15, 0.2) is 0 Å². The highest BCUT2D eigenvalue weighted by Gasteiger charge is 2.21. The zero-order valence-electron chi connectivity index (χ0n) is 9.47. The number of methoxy groups -OCH3 is 1. The van der Waals surface area contributed by atoms with E-state index in [1.165, 1.54) is 0 Å². The normalized spacial score (nSPS) is 13.6. The van der Waals surface area contributed by atoms with Gasteiger partial charge >= 0.3 is 0 Å². The molecule has 0 fully saturated rings. The van der Waals surface area contributed by atoms with E-state index in [4.69, 9.17) is 16.9 Å². The Labute approximate surface area is 87.4 Å². The van der Waals surface area contributed by atoms with Crippen molar-refractivity contribution in [3.63, 3.8) is 0 Å². The second-order valence-electron chi connectivity index (χ2n) is 4.01. The van der Waals surface area contributed by atoms with E-state index in [0.29, 0.717) is 6.54 Å². The summed E-state index contributed by atoms with van der Waals surface area (Å²) in [5, 5.41) is 3.31. The van der Waals surface area contributed by atoms with Crippen molar-refractivity contribution in [3.8, 4) is 12.3 Å². The maximum Gasteiger partial charge on any atom is 0.0638 e. The van der Waals surface area contributed by atoms with Crippen molar-refractivity contribution in [2.75, 3.05) is 20.2 Å². The van der Waals surface area contributed by atoms with Crippen LogP contribution in [0.1, 0.15) is 26.7 Å². The molecule has 0 saturated carbocycles. The van der Waals surface area contributed by atoms with Crippen molar-refractivity contribution in [1.29, 1.82) is 0 Å². The molecule has 0 bridgehead atoms. The van der Waals surface area contributed by atoms with Crippen LogP contribution in [0, 0.1) is 12.3 Å². The summed E-state index contributed by atoms with van der Waals surface area (Å²) < 4.78 is 5.34. The molecule has 0 aliphatic carbocycles. The molecule has 0 heterocycles. The van der Waals surface area contributed by atoms with E-state index in [0.717, 1.165) is 19.4 Å². The molecule has 0 aromatic rings. The molecule has 1 atom stereocenters. The Bertz CT molecular complexity index is 184. The molecule has 0 radical (unpaired) electrons. The average molecular weight is 198 g/mol. The molecule has 82 valence electrons. The smallest absolute Gasteiger partial charge is 0.0638 e. The topological polar surface area (TPSA) is 47.3 Å². The van der Waals surface area contributed by atoms with Gasteiger partial charge in [-0.3, -0.25) is 0 Å². The standard InChI is InChI=1S/C11H22N2O/c1-5-6-7-13-10(9-12)8-11(2,3)14-4/h1,10,13H,6-9,12H2,2-4H3. The van der Waals surface area contributed by atoms with Crippen LogP contribution in [0.2, 0.25) is 0 Å². The number of rotatable bonds is 7. The fourth-order valence-electron chi connectivity index (χ4n) is 1.26. The predicted molar refractivity (Wildman–Crippen MR) is 60.0 cm³/mol. The third-order valence-corrected chi connectivity index (χ3v) is 2.28. The quantitative estimate of drug-likeness (QED) is 0.468. The van der Waals surface area contributed by atoms with Crippen LogP contribution < -0.4 is 11.1 Å². The Hall–Kier alpha value is -0.560. The third kappa shape index (κ3) is 5.98. The van der Waals surface area contributed by atoms with E-state index in [1.807, 2.05) is 0 Å². The molecule has 1 unspecified atom stereocenters. The molecule has 0 aromatic carbocycles. The number of terminal acetylenes is 1. The molecular weight excluding hydrogens is 176 g/mol. The lowest BCUT2D eigenvalue weighted by atomic mass is 9.99. The second kappa shape index (κ2) is 6.83. The van der Waals surface area contributed by atoms with Crippen LogP contribution in [-0.2, 0) is 4.74 Å². The highest BCUT2D eigenvalue weighted by Crippen LogP contribution is 2.14. The van der Waals surface area contributed by atoms with Crippen LogP contribution in [0.5, 0.6) is 0 Å². The van der Waals surface area contributed by atoms with E-state index in [2.05, 4.69) is 25.1 Å². The number of nitrogens with one attached hydrogen (secondary N) is 1. The summed E-state index contributed by atoms with van der Waals surface area (Å²) in [6, 6.07) is 0.276. The molecule has 0 aliphatic rings. The van der Waals surface area contributed by atoms with Gasteiger partial charge < -0.3 is 15.8 Å². The maximum atomic E-state index is 5.65. The third-order valence-electron chi connectivity index (χ3n) is 2.28. The van der Waals surface area contributed by atoms with E-state index in [9.17, 15) is 0 Å². The van der Waals surface area contributed by atoms with Crippen LogP contribution in [0.4, 0.5) is 0 Å². The molecule has 3 nitrogen and oxygen atoms in total. The molecular formula is C11H22N2O. The van der Waals surface area contributed by atoms with Crippen molar-refractivity contribution in [2.24, 2.45) is 5.73 Å². The van der Waals surface area contributed by atoms with Gasteiger partial charge in [-0.1, -0.05) is 0 Å². The van der Waals surface area contributed by atoms with Crippen molar-refractivity contribution in [3.05, 3.63) is 0 Å². The van der Waals surface area contributed by atoms with Gasteiger partial charge in [0.25, 0.3) is 0 Å². The lowest BCUT2D eigenvalue weighted by Crippen LogP contribution is -2.42. The minimum atomic E-state index is -0.132. The molecule has 0 aromatic heterocycles. The zero-order valence-corrected chi connectivity index (χ0v) is 9.47. The molecule has 3 heteroatoms. The van der Waals surface area contributed by atoms with Gasteiger partial charge in [0.15, 0.2) is 0 Å². The maximum absolute atomic E-state index is 5.65. The first kappa shape index (κ1) is 13.4. The Balaban J connectivity index is 3.85. The van der Waals surface area contributed by atoms with Gasteiger partial charge in [-0.25, -0.2) is 0 Å². The molecule has 0 spiro atoms. The highest BCUT2D eigenvalue weighted by molar-refractivity contribution is 4.86. The Morgan fingerprint density at radius 3 is 2.64 bits per heavy atom. The van der Waals surface area contributed by atoms with E-state index < -0.39 is 0 Å². The summed E-state index contributed by atoms with van der Waals surface area (Å²) in [5.74, 6) is 2.59. The molecule has 14 heavy (non-hydrogen) atoms. The fraction of sp³-hybridized carbons (Fsp3) is 0.818. The first-order chi connectivity index (χ1) is 6.55. The number of nitrogens with two attached hydrogens (primary N) is 1. The first-order valence-electron chi connectivity index (χ1n) is 4.98. The van der Waals surface area contributed by atoms with Crippen molar-refractivity contribution in [1.82, 2.24) is 5.32 Å². The Morgan fingerprint density at radius 1 is 1.57 bits per heavy atom. The van der Waals surface area contributed by atoms with Crippen LogP contribution in [0.25, 0.3) is 0 Å². The Morgan fingerprint density at radius 2 is 2.21 bits per heavy atom. The van der Waals surface area contributed by atoms with Gasteiger partial charge in [0.1, 0.15) is 0 Å². The summed E-state index contributed by atoms with van der Waals surface area (Å²) >= 11 is 0. The van der Waals surface area contributed by atoms with Gasteiger partial charge in [0.05, 0.1) is 5.60 Å². The zero-order chi connectivity index (χ0) is 11.0. The van der Waals surface area contributed by atoms with Gasteiger partial charge in [-0.15, -0.1) is 12.3 Å². The van der Waals surface area contributed by atoms with Crippen LogP contribution >= 0.6 is 0 Å². The molecule has 0 amide bonds. The molecule has 3 N–H and O–H groups in total. The van der Waals surface area contributed by atoms with E-state index in [-0.39, 0.29) is 11.6 Å². The summed E-state index contributed by atoms with van der Waals surface area (Å²) in [4.78, 5) is 0. The number of hydrogen-bond acceptors (Lipinski definition) is 3. The second-order valence-corrected chi connectivity index (χ2v) is 4.01. The van der Waals surface area contributed by atoms with Gasteiger partial charge in [0.2, 0.25) is 0 Å². The fourth-order valence-corrected chi connectivity index (χ4v) is 1.26. The first-order valence-corrected chi connectivity index (χ1v) is 4.98. The largest absolute Gasteiger partial charge is 0.379 e. The predicted octanol–water partition coefficient (Wildman–Crippen LogP) is 0.742. The monoisotopic (exact) mass is 198 g/mol. The average Bonchev–Trinajstić information content (AvgIpc) is 2.16. The van der Waals surface area contributed by atoms with E-state index in [1.54, 1.807) is 7.11 Å². The Kier molecular flexibility index (Phi) is 6.56. The van der Waals surface area contributed by atoms with Crippen molar-refractivity contribution < 1.29 is 4.74 Å². The number of hydrogen-bond donors (Lipinski definition) is 2. The molecule has 0 saturated heterocycles. The minimum absolute atomic E-state index is 0.132. The lowest BCUT2D eigenvalue weighted by Gasteiger charge is -2.28.